The number of rotatable bonds is 10. The van der Waals surface area contributed by atoms with Crippen molar-refractivity contribution in [1.29, 1.82) is 10.5 Å². The Labute approximate surface area is 380 Å². The summed E-state index contributed by atoms with van der Waals surface area (Å²) in [7, 11) is -3.83. The number of hydrogen-bond acceptors (Lipinski definition) is 12. The zero-order valence-corrected chi connectivity index (χ0v) is 37.4. The van der Waals surface area contributed by atoms with Crippen LogP contribution < -0.4 is 9.47 Å². The van der Waals surface area contributed by atoms with E-state index in [9.17, 15) is 8.42 Å². The summed E-state index contributed by atoms with van der Waals surface area (Å²) in [5, 5.41) is 35.8. The van der Waals surface area contributed by atoms with E-state index in [4.69, 9.17) is 20.0 Å². The second-order valence-electron chi connectivity index (χ2n) is 17.1. The molecule has 2 aliphatic rings. The summed E-state index contributed by atoms with van der Waals surface area (Å²) in [4.78, 5) is 12.2. The largest absolute Gasteiger partial charge is 0.490 e. The molecule has 0 spiro atoms. The molecule has 0 bridgehead atoms. The lowest BCUT2D eigenvalue weighted by Gasteiger charge is -2.16. The van der Waals surface area contributed by atoms with Crippen molar-refractivity contribution in [2.45, 2.75) is 88.2 Å². The minimum atomic E-state index is -3.83. The van der Waals surface area contributed by atoms with Crippen molar-refractivity contribution in [2.75, 3.05) is 0 Å². The maximum absolute atomic E-state index is 13.4. The van der Waals surface area contributed by atoms with Gasteiger partial charge in [0.15, 0.2) is 22.6 Å². The molecule has 332 valence electrons. The molecular formula is C49H46N12O4S. The Morgan fingerprint density at radius 1 is 0.667 bits per heavy atom. The van der Waals surface area contributed by atoms with Crippen molar-refractivity contribution in [2.24, 2.45) is 11.8 Å². The van der Waals surface area contributed by atoms with Gasteiger partial charge in [-0.3, -0.25) is 8.80 Å². The number of aryl methyl sites for hydroxylation is 1. The summed E-state index contributed by atoms with van der Waals surface area (Å²) in [6.45, 7) is 6.30. The fraction of sp³-hybridized carbons (Fsp3) is 0.306. The highest BCUT2D eigenvalue weighted by atomic mass is 32.2. The number of nitriles is 2. The molecule has 17 heteroatoms. The molecule has 2 fully saturated rings. The zero-order chi connectivity index (χ0) is 45.5. The van der Waals surface area contributed by atoms with Gasteiger partial charge in [0.2, 0.25) is 0 Å². The third-order valence-corrected chi connectivity index (χ3v) is 14.9. The van der Waals surface area contributed by atoms with E-state index in [1.807, 2.05) is 47.9 Å². The van der Waals surface area contributed by atoms with Gasteiger partial charge in [-0.25, -0.2) is 22.4 Å². The topological polar surface area (TPSA) is 207 Å². The van der Waals surface area contributed by atoms with Crippen molar-refractivity contribution in [3.8, 4) is 23.6 Å². The van der Waals surface area contributed by atoms with E-state index in [1.54, 1.807) is 73.2 Å². The Morgan fingerprint density at radius 3 is 1.73 bits per heavy atom. The van der Waals surface area contributed by atoms with E-state index in [0.29, 0.717) is 39.8 Å². The van der Waals surface area contributed by atoms with Gasteiger partial charge in [-0.05, 0) is 117 Å². The van der Waals surface area contributed by atoms with Gasteiger partial charge in [-0.1, -0.05) is 44.4 Å². The fourth-order valence-electron chi connectivity index (χ4n) is 9.82. The number of nitrogens with one attached hydrogen (secondary N) is 1. The first-order valence-electron chi connectivity index (χ1n) is 22.2. The minimum Gasteiger partial charge on any atom is -0.490 e. The van der Waals surface area contributed by atoms with E-state index < -0.39 is 10.0 Å². The van der Waals surface area contributed by atoms with Crippen molar-refractivity contribution in [3.63, 3.8) is 0 Å². The van der Waals surface area contributed by atoms with E-state index in [1.165, 1.54) is 3.97 Å². The molecule has 66 heavy (non-hydrogen) atoms. The van der Waals surface area contributed by atoms with Crippen molar-refractivity contribution < 1.29 is 17.9 Å². The van der Waals surface area contributed by atoms with Crippen molar-refractivity contribution >= 4 is 43.6 Å². The zero-order valence-electron chi connectivity index (χ0n) is 36.6. The van der Waals surface area contributed by atoms with Crippen molar-refractivity contribution in [3.05, 3.63) is 138 Å². The highest BCUT2D eigenvalue weighted by Gasteiger charge is 2.40. The number of H-pyrrole nitrogens is 1. The average molecular weight is 899 g/mol. The smallest absolute Gasteiger partial charge is 0.269 e. The molecule has 0 aliphatic heterocycles. The summed E-state index contributed by atoms with van der Waals surface area (Å²) >= 11 is 0. The third-order valence-electron chi connectivity index (χ3n) is 13.2. The second-order valence-corrected chi connectivity index (χ2v) is 18.9. The maximum Gasteiger partial charge on any atom is 0.269 e. The monoisotopic (exact) mass is 898 g/mol. The van der Waals surface area contributed by atoms with E-state index in [0.717, 1.165) is 84.0 Å². The van der Waals surface area contributed by atoms with Gasteiger partial charge < -0.3 is 14.5 Å². The maximum atomic E-state index is 13.4. The lowest BCUT2D eigenvalue weighted by Crippen LogP contribution is -2.13. The van der Waals surface area contributed by atoms with Crippen LogP contribution in [0.1, 0.15) is 92.5 Å². The summed E-state index contributed by atoms with van der Waals surface area (Å²) in [6.07, 6.45) is 12.4. The molecule has 0 saturated heterocycles. The molecule has 9 aromatic rings. The van der Waals surface area contributed by atoms with Gasteiger partial charge in [0.1, 0.15) is 23.1 Å². The fourth-order valence-corrected chi connectivity index (χ4v) is 11.1. The standard InChI is InChI=1S/C28H26N6O3S.C21H20N6O/c1-3-20-14-22(37-21-8-6-19(16-29)7-9-21)15-24(20)27-32-31-26-17-30-28-25(34(26)27)12-13-33(28)38(35,36)23-10-4-18(2)5-11-23;1-2-14-9-16(28-15-5-3-13(11-22)4-6-15)10-17(14)21-26-25-19-12-24-20-18(27(19)21)7-8-23-20/h4-13,17,20,22,24H,3,14-15H2,1-2H3;3-8,12,14,16-17,23H,2,9-10H2,1H3/t20-,22-,24+;14-,16-,17+/m11/s1. The van der Waals surface area contributed by atoms with Crippen LogP contribution in [0, 0.1) is 41.4 Å². The quantitative estimate of drug-likeness (QED) is 0.137. The Kier molecular flexibility index (Phi) is 11.2. The predicted octanol–water partition coefficient (Wildman–Crippen LogP) is 8.68. The van der Waals surface area contributed by atoms with Crippen LogP contribution in [0.2, 0.25) is 0 Å². The number of ether oxygens (including phenoxy) is 2. The average Bonchev–Trinajstić information content (AvgIpc) is 4.21. The normalized spacial score (nSPS) is 20.6. The molecule has 6 atom stereocenters. The number of aromatic amines is 1. The van der Waals surface area contributed by atoms with Gasteiger partial charge in [0, 0.05) is 24.2 Å². The van der Waals surface area contributed by atoms with Gasteiger partial charge in [-0.2, -0.15) is 10.5 Å². The molecule has 0 amide bonds. The van der Waals surface area contributed by atoms with Crippen LogP contribution in [-0.2, 0) is 10.0 Å². The van der Waals surface area contributed by atoms with Crippen LogP contribution in [-0.4, -0.2) is 68.7 Å². The number of benzene rings is 3. The number of fused-ring (bicyclic) bond motifs is 6. The SMILES string of the molecule is CC[C@@H]1C[C@@H](Oc2ccc(C#N)cc2)C[C@@H]1c1nnc2cnc3[nH]ccc3n12.CC[C@@H]1C[C@@H](Oc2ccc(C#N)cc2)C[C@@H]1c1nnc2cnc3c(ccn3S(=O)(=O)c3ccc(C)cc3)n12. The summed E-state index contributed by atoms with van der Waals surface area (Å²) < 4.78 is 44.7. The van der Waals surface area contributed by atoms with Crippen LogP contribution in [0.15, 0.2) is 115 Å². The molecule has 1 N–H and O–H groups in total. The highest BCUT2D eigenvalue weighted by molar-refractivity contribution is 7.90. The molecule has 0 unspecified atom stereocenters. The Balaban J connectivity index is 0.000000162. The predicted molar refractivity (Wildman–Crippen MR) is 245 cm³/mol. The summed E-state index contributed by atoms with van der Waals surface area (Å²) in [5.74, 6) is 4.49. The molecule has 0 radical (unpaired) electrons. The minimum absolute atomic E-state index is 0.00548. The van der Waals surface area contributed by atoms with Crippen LogP contribution in [0.5, 0.6) is 11.5 Å². The van der Waals surface area contributed by atoms with Gasteiger partial charge in [0.25, 0.3) is 10.0 Å². The number of aromatic nitrogens is 10. The molecule has 2 aliphatic carbocycles. The number of nitrogens with zero attached hydrogens (tertiary/aromatic N) is 11. The second kappa shape index (κ2) is 17.4. The molecule has 6 heterocycles. The van der Waals surface area contributed by atoms with Crippen LogP contribution in [0.25, 0.3) is 33.6 Å². The van der Waals surface area contributed by atoms with E-state index in [-0.39, 0.29) is 28.9 Å². The molecule has 11 rings (SSSR count). The lowest BCUT2D eigenvalue weighted by atomic mass is 9.93. The van der Waals surface area contributed by atoms with Crippen molar-refractivity contribution in [1.82, 2.24) is 48.1 Å². The first-order chi connectivity index (χ1) is 32.1. The summed E-state index contributed by atoms with van der Waals surface area (Å²) in [6, 6.07) is 29.3. The number of hydrogen-bond donors (Lipinski definition) is 1. The first kappa shape index (κ1) is 42.3. The molecule has 6 aromatic heterocycles. The van der Waals surface area contributed by atoms with Gasteiger partial charge in [0.05, 0.1) is 63.8 Å². The van der Waals surface area contributed by atoms with Crippen LogP contribution in [0.3, 0.4) is 0 Å². The molecule has 16 nitrogen and oxygen atoms in total. The van der Waals surface area contributed by atoms with E-state index >= 15 is 0 Å². The summed E-state index contributed by atoms with van der Waals surface area (Å²) in [5.41, 5.74) is 6.38. The first-order valence-corrected chi connectivity index (χ1v) is 23.6. The Bertz CT molecular complexity index is 3400. The Hall–Kier alpha value is -7.63. The Morgan fingerprint density at radius 2 is 1.20 bits per heavy atom. The third kappa shape index (κ3) is 7.75. The van der Waals surface area contributed by atoms with E-state index in [2.05, 4.69) is 65.7 Å². The highest BCUT2D eigenvalue weighted by Crippen LogP contribution is 2.44. The molecular weight excluding hydrogens is 853 g/mol. The van der Waals surface area contributed by atoms with Gasteiger partial charge in [-0.15, -0.1) is 20.4 Å². The van der Waals surface area contributed by atoms with Crippen LogP contribution >= 0.6 is 0 Å². The molecule has 2 saturated carbocycles. The van der Waals surface area contributed by atoms with Crippen LogP contribution in [0.4, 0.5) is 0 Å². The molecule has 3 aromatic carbocycles. The lowest BCUT2D eigenvalue weighted by molar-refractivity contribution is 0.203. The van der Waals surface area contributed by atoms with Gasteiger partial charge >= 0.3 is 0 Å².